The highest BCUT2D eigenvalue weighted by Gasteiger charge is 2.56. The first-order chi connectivity index (χ1) is 19.2. The van der Waals surface area contributed by atoms with Gasteiger partial charge in [-0.2, -0.15) is 0 Å². The van der Waals surface area contributed by atoms with E-state index in [9.17, 15) is 4.79 Å². The Bertz CT molecular complexity index is 1340. The van der Waals surface area contributed by atoms with E-state index in [0.29, 0.717) is 19.1 Å². The van der Waals surface area contributed by atoms with Crippen molar-refractivity contribution in [2.45, 2.75) is 76.0 Å². The van der Waals surface area contributed by atoms with Crippen LogP contribution in [0.5, 0.6) is 11.5 Å². The Hall–Kier alpha value is -3.47. The number of amides is 1. The molecule has 1 saturated heterocycles. The van der Waals surface area contributed by atoms with Gasteiger partial charge >= 0.3 is 6.09 Å². The minimum atomic E-state index is -0.167. The molecule has 4 aliphatic rings. The van der Waals surface area contributed by atoms with Crippen molar-refractivity contribution in [1.29, 1.82) is 0 Å². The van der Waals surface area contributed by atoms with Crippen LogP contribution in [0.15, 0.2) is 66.7 Å². The highest BCUT2D eigenvalue weighted by molar-refractivity contribution is 5.69. The summed E-state index contributed by atoms with van der Waals surface area (Å²) in [5.74, 6) is 2.29. The maximum Gasteiger partial charge on any atom is 0.410 e. The van der Waals surface area contributed by atoms with Crippen LogP contribution in [0.3, 0.4) is 0 Å². The van der Waals surface area contributed by atoms with Gasteiger partial charge in [-0.05, 0) is 72.8 Å². The Labute approximate surface area is 231 Å². The maximum atomic E-state index is 13.5. The number of carbonyl (C=O) groups excluding carboxylic acids is 1. The van der Waals surface area contributed by atoms with Gasteiger partial charge in [0.05, 0.1) is 6.61 Å². The quantitative estimate of drug-likeness (QED) is 0.362. The van der Waals surface area contributed by atoms with Gasteiger partial charge < -0.3 is 19.1 Å². The number of nitrogens with zero attached hydrogens (tertiary/aromatic N) is 1. The van der Waals surface area contributed by atoms with Crippen LogP contribution in [-0.2, 0) is 36.2 Å². The molecule has 0 aromatic heterocycles. The van der Waals surface area contributed by atoms with Crippen molar-refractivity contribution in [3.05, 3.63) is 94.5 Å². The molecule has 3 atom stereocenters. The molecule has 2 fully saturated rings. The fourth-order valence-electron chi connectivity index (χ4n) is 7.90. The number of hydrogen-bond acceptors (Lipinski definition) is 4. The average molecular weight is 524 g/mol. The first-order valence-electron chi connectivity index (χ1n) is 14.7. The van der Waals surface area contributed by atoms with E-state index in [1.54, 1.807) is 0 Å². The highest BCUT2D eigenvalue weighted by atomic mass is 16.6. The van der Waals surface area contributed by atoms with Gasteiger partial charge in [0.2, 0.25) is 0 Å². The third kappa shape index (κ3) is 4.36. The molecule has 7 rings (SSSR count). The molecule has 202 valence electrons. The van der Waals surface area contributed by atoms with Crippen molar-refractivity contribution in [3.63, 3.8) is 0 Å². The molecular formula is C34H37NO4. The number of benzene rings is 3. The Morgan fingerprint density at radius 2 is 1.69 bits per heavy atom. The topological polar surface area (TPSA) is 48.0 Å². The molecule has 1 unspecified atom stereocenters. The largest absolute Gasteiger partial charge is 0.489 e. The van der Waals surface area contributed by atoms with Crippen LogP contribution in [0.4, 0.5) is 4.79 Å². The molecule has 39 heavy (non-hydrogen) atoms. The normalized spacial score (nSPS) is 25.0. The summed E-state index contributed by atoms with van der Waals surface area (Å²) in [6.45, 7) is 2.33. The molecule has 1 saturated carbocycles. The summed E-state index contributed by atoms with van der Waals surface area (Å²) < 4.78 is 18.7. The van der Waals surface area contributed by atoms with E-state index in [-0.39, 0.29) is 17.6 Å². The van der Waals surface area contributed by atoms with E-state index in [1.165, 1.54) is 42.4 Å². The van der Waals surface area contributed by atoms with Crippen LogP contribution in [0.1, 0.15) is 66.3 Å². The molecule has 1 amide bonds. The average Bonchev–Trinajstić information content (AvgIpc) is 3.00. The zero-order valence-corrected chi connectivity index (χ0v) is 22.6. The van der Waals surface area contributed by atoms with Crippen LogP contribution in [0, 0.1) is 5.92 Å². The predicted octanol–water partition coefficient (Wildman–Crippen LogP) is 6.99. The molecule has 2 bridgehead atoms. The Morgan fingerprint density at radius 3 is 2.49 bits per heavy atom. The summed E-state index contributed by atoms with van der Waals surface area (Å²) in [7, 11) is 0. The van der Waals surface area contributed by atoms with E-state index in [0.717, 1.165) is 61.5 Å². The standard InChI is InChI=1S/C34H37NO4/c36-33(39-23-25-12-5-2-6-13-25)35-18-17-34-16-8-7-15-28(34)30(35)20-27-26-14-9-19-37-32(26)31(21-29(27)34)38-22-24-10-3-1-4-11-24/h1-6,10-13,21,28,30H,7-9,14-20,22-23H2/t28?,30-,34-/m0/s1. The monoisotopic (exact) mass is 523 g/mol. The summed E-state index contributed by atoms with van der Waals surface area (Å²) in [4.78, 5) is 15.5. The van der Waals surface area contributed by atoms with E-state index in [1.807, 2.05) is 36.4 Å². The number of rotatable bonds is 5. The van der Waals surface area contributed by atoms with Crippen molar-refractivity contribution in [1.82, 2.24) is 4.90 Å². The molecule has 5 heteroatoms. The van der Waals surface area contributed by atoms with Crippen molar-refractivity contribution >= 4 is 6.09 Å². The number of likely N-dealkylation sites (tertiary alicyclic amines) is 1. The number of fused-ring (bicyclic) bond motifs is 3. The van der Waals surface area contributed by atoms with Crippen LogP contribution >= 0.6 is 0 Å². The fourth-order valence-corrected chi connectivity index (χ4v) is 7.90. The molecule has 3 aromatic carbocycles. The van der Waals surface area contributed by atoms with Gasteiger partial charge in [-0.25, -0.2) is 4.79 Å². The number of hydrogen-bond donors (Lipinski definition) is 0. The van der Waals surface area contributed by atoms with Crippen LogP contribution in [-0.4, -0.2) is 30.2 Å². The molecule has 2 aliphatic heterocycles. The lowest BCUT2D eigenvalue weighted by Crippen LogP contribution is -2.62. The molecule has 3 aromatic rings. The van der Waals surface area contributed by atoms with Crippen molar-refractivity contribution in [2.24, 2.45) is 5.92 Å². The molecule has 0 radical (unpaired) electrons. The fraction of sp³-hybridized carbons (Fsp3) is 0.441. The van der Waals surface area contributed by atoms with Crippen molar-refractivity contribution in [3.8, 4) is 11.5 Å². The Kier molecular flexibility index (Phi) is 6.46. The lowest BCUT2D eigenvalue weighted by molar-refractivity contribution is -0.0141. The summed E-state index contributed by atoms with van der Waals surface area (Å²) in [5.41, 5.74) is 6.50. The molecule has 0 spiro atoms. The molecule has 2 heterocycles. The van der Waals surface area contributed by atoms with Gasteiger partial charge in [0.25, 0.3) is 0 Å². The van der Waals surface area contributed by atoms with Gasteiger partial charge in [-0.3, -0.25) is 0 Å². The SMILES string of the molecule is O=C(OCc1ccccc1)N1CC[C@@]23CCCCC2[C@@H]1Cc1c3cc(OCc2ccccc2)c2c1CCCO2. The lowest BCUT2D eigenvalue weighted by Gasteiger charge is -2.59. The molecule has 5 nitrogen and oxygen atoms in total. The third-order valence-corrected chi connectivity index (χ3v) is 9.67. The van der Waals surface area contributed by atoms with Gasteiger partial charge in [-0.15, -0.1) is 0 Å². The van der Waals surface area contributed by atoms with Crippen molar-refractivity contribution < 1.29 is 19.0 Å². The number of piperidine rings is 1. The Morgan fingerprint density at radius 1 is 0.923 bits per heavy atom. The second-order valence-electron chi connectivity index (χ2n) is 11.7. The van der Waals surface area contributed by atoms with Gasteiger partial charge in [0, 0.05) is 23.6 Å². The Balaban J connectivity index is 1.23. The van der Waals surface area contributed by atoms with Crippen LogP contribution in [0.25, 0.3) is 0 Å². The molecular weight excluding hydrogens is 486 g/mol. The maximum absolute atomic E-state index is 13.5. The van der Waals surface area contributed by atoms with E-state index >= 15 is 0 Å². The molecule has 2 aliphatic carbocycles. The second-order valence-corrected chi connectivity index (χ2v) is 11.7. The van der Waals surface area contributed by atoms with E-state index in [4.69, 9.17) is 14.2 Å². The third-order valence-electron chi connectivity index (χ3n) is 9.67. The summed E-state index contributed by atoms with van der Waals surface area (Å²) in [6.07, 6.45) is 8.56. The number of ether oxygens (including phenoxy) is 3. The van der Waals surface area contributed by atoms with Gasteiger partial charge in [-0.1, -0.05) is 73.5 Å². The van der Waals surface area contributed by atoms with Crippen LogP contribution in [0.2, 0.25) is 0 Å². The summed E-state index contributed by atoms with van der Waals surface area (Å²) in [6, 6.07) is 22.9. The first-order valence-corrected chi connectivity index (χ1v) is 14.7. The van der Waals surface area contributed by atoms with Gasteiger partial charge in [0.1, 0.15) is 13.2 Å². The van der Waals surface area contributed by atoms with Crippen LogP contribution < -0.4 is 9.47 Å². The second kappa shape index (κ2) is 10.3. The minimum absolute atomic E-state index is 0.101. The van der Waals surface area contributed by atoms with E-state index < -0.39 is 0 Å². The van der Waals surface area contributed by atoms with E-state index in [2.05, 4.69) is 35.2 Å². The smallest absolute Gasteiger partial charge is 0.410 e. The first kappa shape index (κ1) is 24.6. The summed E-state index contributed by atoms with van der Waals surface area (Å²) in [5, 5.41) is 0. The lowest BCUT2D eigenvalue weighted by atomic mass is 9.52. The van der Waals surface area contributed by atoms with Gasteiger partial charge in [0.15, 0.2) is 11.5 Å². The predicted molar refractivity (Wildman–Crippen MR) is 150 cm³/mol. The summed E-state index contributed by atoms with van der Waals surface area (Å²) >= 11 is 0. The zero-order chi connectivity index (χ0) is 26.2. The zero-order valence-electron chi connectivity index (χ0n) is 22.6. The number of carbonyl (C=O) groups is 1. The van der Waals surface area contributed by atoms with Crippen molar-refractivity contribution in [2.75, 3.05) is 13.2 Å². The highest BCUT2D eigenvalue weighted by Crippen LogP contribution is 2.58. The minimum Gasteiger partial charge on any atom is -0.489 e. The molecule has 0 N–H and O–H groups in total.